The van der Waals surface area contributed by atoms with Gasteiger partial charge in [0.1, 0.15) is 35.5 Å². The van der Waals surface area contributed by atoms with E-state index >= 15 is 4.39 Å². The molecular formula is C40H47ClF2N6O4Si. The number of aryl methyl sites for hydroxylation is 1. The van der Waals surface area contributed by atoms with Gasteiger partial charge in [-0.2, -0.15) is 0 Å². The first-order valence-electron chi connectivity index (χ1n) is 18.8. The number of likely N-dealkylation sites (tertiary alicyclic amines) is 1. The zero-order valence-electron chi connectivity index (χ0n) is 31.5. The third kappa shape index (κ3) is 7.40. The van der Waals surface area contributed by atoms with Crippen LogP contribution in [-0.4, -0.2) is 69.7 Å². The average Bonchev–Trinajstić information content (AvgIpc) is 3.76. The van der Waals surface area contributed by atoms with E-state index < -0.39 is 19.7 Å². The van der Waals surface area contributed by atoms with Gasteiger partial charge in [0.15, 0.2) is 17.3 Å². The molecule has 0 spiro atoms. The molecular weight excluding hydrogens is 730 g/mol. The van der Waals surface area contributed by atoms with Crippen molar-refractivity contribution >= 4 is 30.7 Å². The number of imidazole rings is 1. The molecule has 2 fully saturated rings. The largest absolute Gasteiger partial charge is 0.444 e. The van der Waals surface area contributed by atoms with Crippen LogP contribution in [0, 0.1) is 18.6 Å². The number of para-hydroxylation sites is 1. The van der Waals surface area contributed by atoms with Gasteiger partial charge in [-0.25, -0.2) is 13.8 Å². The number of ether oxygens (including phenoxy) is 4. The number of piperidine rings is 1. The number of nitrogens with zero attached hydrogens (tertiary/aromatic N) is 6. The lowest BCUT2D eigenvalue weighted by molar-refractivity contribution is -0.0712. The Morgan fingerprint density at radius 3 is 2.50 bits per heavy atom. The van der Waals surface area contributed by atoms with Crippen LogP contribution < -0.4 is 9.47 Å². The van der Waals surface area contributed by atoms with Gasteiger partial charge in [0, 0.05) is 44.4 Å². The molecule has 5 heterocycles. The van der Waals surface area contributed by atoms with E-state index in [4.69, 9.17) is 35.5 Å². The smallest absolute Gasteiger partial charge is 0.278 e. The summed E-state index contributed by atoms with van der Waals surface area (Å²) in [6, 6.07) is 14.9. The topological polar surface area (TPSA) is 88.7 Å². The molecule has 0 aliphatic carbocycles. The third-order valence-corrected chi connectivity index (χ3v) is 12.8. The van der Waals surface area contributed by atoms with Gasteiger partial charge in [0.2, 0.25) is 0 Å². The molecule has 14 heteroatoms. The number of hydrogen-bond donors (Lipinski definition) is 0. The lowest BCUT2D eigenvalue weighted by Gasteiger charge is -2.33. The van der Waals surface area contributed by atoms with Crippen LogP contribution in [-0.2, 0) is 35.1 Å². The Bertz CT molecular complexity index is 2180. The normalized spacial score (nSPS) is 20.6. The molecule has 0 N–H and O–H groups in total. The maximum absolute atomic E-state index is 16.2. The summed E-state index contributed by atoms with van der Waals surface area (Å²) in [7, 11) is -1.24. The van der Waals surface area contributed by atoms with E-state index in [1.54, 1.807) is 19.1 Å². The average molecular weight is 777 g/mol. The summed E-state index contributed by atoms with van der Waals surface area (Å²) >= 11 is 6.02. The standard InChI is InChI=1S/C40H47ClF2N6O4Si/c1-25-45-46-39(49(25)24-50-17-18-54(3,4)5)27-19-33(43)37-34(20-27)44-36(48(37)22-29-13-16-51-29)23-47-14-11-26(12-15-47)30-7-6-8-35-38(30)53-40(2,52-35)31-10-9-28(41)21-32(31)42/h6-10,19-21,26,29H,11-18,22-24H2,1-5H3/t29-,40-/m0/s1. The SMILES string of the molecule is Cc1nnc(-c2cc(F)c3c(c2)nc(CN2CCC(c4cccc5c4O[C@@](C)(c4ccc(Cl)cc4F)O5)CC2)n3C[C@@H]2CCO2)n1COCC[Si](C)(C)C. The number of fused-ring (bicyclic) bond motifs is 2. The third-order valence-electron chi connectivity index (χ3n) is 10.9. The van der Waals surface area contributed by atoms with Crippen LogP contribution in [0.5, 0.6) is 11.5 Å². The van der Waals surface area contributed by atoms with Crippen molar-refractivity contribution < 1.29 is 27.7 Å². The molecule has 2 saturated heterocycles. The van der Waals surface area contributed by atoms with Gasteiger partial charge in [-0.3, -0.25) is 9.47 Å². The fourth-order valence-corrected chi connectivity index (χ4v) is 8.58. The summed E-state index contributed by atoms with van der Waals surface area (Å²) in [6.07, 6.45) is 2.72. The van der Waals surface area contributed by atoms with Gasteiger partial charge >= 0.3 is 0 Å². The van der Waals surface area contributed by atoms with E-state index in [-0.39, 0.29) is 17.8 Å². The van der Waals surface area contributed by atoms with Crippen molar-refractivity contribution in [3.8, 4) is 22.9 Å². The lowest BCUT2D eigenvalue weighted by atomic mass is 9.88. The fourth-order valence-electron chi connectivity index (χ4n) is 7.67. The predicted octanol–water partition coefficient (Wildman–Crippen LogP) is 8.66. The molecule has 5 aromatic rings. The number of aromatic nitrogens is 5. The molecule has 10 nitrogen and oxygen atoms in total. The summed E-state index contributed by atoms with van der Waals surface area (Å²) in [5.41, 5.74) is 3.02. The molecule has 2 atom stereocenters. The Morgan fingerprint density at radius 2 is 1.78 bits per heavy atom. The monoisotopic (exact) mass is 776 g/mol. The quantitative estimate of drug-likeness (QED) is 0.0920. The number of halogens is 3. The maximum Gasteiger partial charge on any atom is 0.278 e. The first kappa shape index (κ1) is 37.1. The first-order valence-corrected chi connectivity index (χ1v) is 22.9. The van der Waals surface area contributed by atoms with Crippen molar-refractivity contribution in [2.75, 3.05) is 26.3 Å². The Balaban J connectivity index is 0.999. The molecule has 286 valence electrons. The van der Waals surface area contributed by atoms with E-state index in [0.717, 1.165) is 49.8 Å². The number of benzene rings is 3. The van der Waals surface area contributed by atoms with E-state index in [1.807, 2.05) is 34.3 Å². The Hall–Kier alpha value is -3.88. The zero-order chi connectivity index (χ0) is 37.8. The molecule has 0 bridgehead atoms. The summed E-state index contributed by atoms with van der Waals surface area (Å²) in [5, 5.41) is 9.03. The summed E-state index contributed by atoms with van der Waals surface area (Å²) < 4.78 is 59.6. The highest BCUT2D eigenvalue weighted by molar-refractivity contribution is 6.76. The Morgan fingerprint density at radius 1 is 0.981 bits per heavy atom. The van der Waals surface area contributed by atoms with Crippen LogP contribution in [0.2, 0.25) is 30.7 Å². The van der Waals surface area contributed by atoms with Crippen molar-refractivity contribution in [3.63, 3.8) is 0 Å². The van der Waals surface area contributed by atoms with Gasteiger partial charge in [0.25, 0.3) is 5.79 Å². The number of hydrogen-bond acceptors (Lipinski definition) is 8. The molecule has 2 aromatic heterocycles. The van der Waals surface area contributed by atoms with Crippen molar-refractivity contribution in [1.29, 1.82) is 0 Å². The van der Waals surface area contributed by atoms with E-state index in [9.17, 15) is 4.39 Å². The second-order valence-corrected chi connectivity index (χ2v) is 22.1. The lowest BCUT2D eigenvalue weighted by Crippen LogP contribution is -2.35. The highest BCUT2D eigenvalue weighted by Gasteiger charge is 2.43. The molecule has 54 heavy (non-hydrogen) atoms. The van der Waals surface area contributed by atoms with Gasteiger partial charge in [0.05, 0.1) is 30.3 Å². The summed E-state index contributed by atoms with van der Waals surface area (Å²) in [6.45, 7) is 15.0. The first-order chi connectivity index (χ1) is 25.8. The molecule has 0 amide bonds. The zero-order valence-corrected chi connectivity index (χ0v) is 33.3. The van der Waals surface area contributed by atoms with Gasteiger partial charge in [-0.1, -0.05) is 43.4 Å². The second kappa shape index (κ2) is 14.6. The molecule has 8 rings (SSSR count). The van der Waals surface area contributed by atoms with Crippen molar-refractivity contribution in [3.05, 3.63) is 88.0 Å². The van der Waals surface area contributed by atoms with Crippen LogP contribution in [0.25, 0.3) is 22.4 Å². The van der Waals surface area contributed by atoms with Crippen LogP contribution in [0.15, 0.2) is 48.5 Å². The van der Waals surface area contributed by atoms with Crippen LogP contribution in [0.3, 0.4) is 0 Å². The molecule has 0 unspecified atom stereocenters. The minimum atomic E-state index is -1.30. The molecule has 0 saturated carbocycles. The van der Waals surface area contributed by atoms with Crippen molar-refractivity contribution in [2.45, 2.75) is 96.4 Å². The van der Waals surface area contributed by atoms with E-state index in [0.29, 0.717) is 83.4 Å². The maximum atomic E-state index is 16.2. The fraction of sp³-hybridized carbons (Fsp3) is 0.475. The Labute approximate surface area is 320 Å². The number of rotatable bonds is 12. The van der Waals surface area contributed by atoms with Crippen molar-refractivity contribution in [1.82, 2.24) is 29.2 Å². The molecule has 3 aliphatic rings. The van der Waals surface area contributed by atoms with E-state index in [1.165, 1.54) is 12.1 Å². The summed E-state index contributed by atoms with van der Waals surface area (Å²) in [4.78, 5) is 7.43. The van der Waals surface area contributed by atoms with Crippen molar-refractivity contribution in [2.24, 2.45) is 0 Å². The van der Waals surface area contributed by atoms with Gasteiger partial charge < -0.3 is 23.5 Å². The Kier molecular flexibility index (Phi) is 10.1. The molecule has 3 aliphatic heterocycles. The van der Waals surface area contributed by atoms with Crippen LogP contribution in [0.1, 0.15) is 54.9 Å². The second-order valence-electron chi connectivity index (χ2n) is 16.1. The van der Waals surface area contributed by atoms with Crippen LogP contribution in [0.4, 0.5) is 8.78 Å². The van der Waals surface area contributed by atoms with E-state index in [2.05, 4.69) is 40.8 Å². The highest BCUT2D eigenvalue weighted by atomic mass is 35.5. The van der Waals surface area contributed by atoms with Gasteiger partial charge in [-0.05, 0) is 87.6 Å². The summed E-state index contributed by atoms with van der Waals surface area (Å²) in [5.74, 6) is 1.42. The molecule has 0 radical (unpaired) electrons. The van der Waals surface area contributed by atoms with Crippen LogP contribution >= 0.6 is 11.6 Å². The minimum absolute atomic E-state index is 0.0273. The molecule has 3 aromatic carbocycles. The van der Waals surface area contributed by atoms with Gasteiger partial charge in [-0.15, -0.1) is 10.2 Å². The minimum Gasteiger partial charge on any atom is -0.444 e. The highest BCUT2D eigenvalue weighted by Crippen LogP contribution is 2.50. The predicted molar refractivity (Wildman–Crippen MR) is 206 cm³/mol.